The van der Waals surface area contributed by atoms with Crippen LogP contribution in [0.2, 0.25) is 0 Å². The predicted molar refractivity (Wildman–Crippen MR) is 79.7 cm³/mol. The quantitative estimate of drug-likeness (QED) is 0.827. The normalized spacial score (nSPS) is 26.8. The van der Waals surface area contributed by atoms with Crippen LogP contribution in [0.15, 0.2) is 42.5 Å². The Labute approximate surface area is 123 Å². The lowest BCUT2D eigenvalue weighted by Gasteiger charge is -2.36. The predicted octanol–water partition coefficient (Wildman–Crippen LogP) is 4.12. The molecule has 0 unspecified atom stereocenters. The van der Waals surface area contributed by atoms with Gasteiger partial charge < -0.3 is 14.9 Å². The molecular formula is C18H18O3. The molecule has 2 aliphatic rings. The van der Waals surface area contributed by atoms with E-state index in [0.29, 0.717) is 17.6 Å². The fourth-order valence-corrected chi connectivity index (χ4v) is 3.87. The van der Waals surface area contributed by atoms with Gasteiger partial charge in [-0.05, 0) is 54.7 Å². The molecule has 1 aliphatic carbocycles. The maximum atomic E-state index is 9.74. The molecular weight excluding hydrogens is 264 g/mol. The molecule has 21 heavy (non-hydrogen) atoms. The highest BCUT2D eigenvalue weighted by atomic mass is 16.5. The van der Waals surface area contributed by atoms with E-state index in [2.05, 4.69) is 0 Å². The molecule has 4 rings (SSSR count). The van der Waals surface area contributed by atoms with Crippen LogP contribution in [0.3, 0.4) is 0 Å². The third-order valence-corrected chi connectivity index (χ3v) is 4.83. The van der Waals surface area contributed by atoms with Gasteiger partial charge in [-0.1, -0.05) is 18.6 Å². The van der Waals surface area contributed by atoms with Gasteiger partial charge in [0.15, 0.2) is 0 Å². The second-order valence-electron chi connectivity index (χ2n) is 6.05. The van der Waals surface area contributed by atoms with E-state index in [1.165, 1.54) is 6.42 Å². The molecule has 0 aromatic heterocycles. The Kier molecular flexibility index (Phi) is 2.81. The molecule has 3 atom stereocenters. The second-order valence-corrected chi connectivity index (χ2v) is 6.05. The summed E-state index contributed by atoms with van der Waals surface area (Å²) in [6, 6.07) is 12.7. The van der Waals surface area contributed by atoms with Crippen molar-refractivity contribution in [2.75, 3.05) is 0 Å². The number of phenols is 2. The van der Waals surface area contributed by atoms with Crippen molar-refractivity contribution in [3.8, 4) is 17.2 Å². The van der Waals surface area contributed by atoms with E-state index in [1.807, 2.05) is 24.3 Å². The van der Waals surface area contributed by atoms with Crippen molar-refractivity contribution in [2.45, 2.75) is 31.3 Å². The van der Waals surface area contributed by atoms with E-state index in [-0.39, 0.29) is 11.9 Å². The minimum atomic E-state index is 0.0372. The van der Waals surface area contributed by atoms with Crippen molar-refractivity contribution in [1.82, 2.24) is 0 Å². The largest absolute Gasteiger partial charge is 0.508 e. The highest BCUT2D eigenvalue weighted by molar-refractivity contribution is 5.45. The van der Waals surface area contributed by atoms with Gasteiger partial charge in [-0.15, -0.1) is 0 Å². The monoisotopic (exact) mass is 282 g/mol. The molecule has 1 heterocycles. The number of benzene rings is 2. The molecule has 3 nitrogen and oxygen atoms in total. The number of aromatic hydroxyl groups is 2. The number of ether oxygens (including phenoxy) is 1. The van der Waals surface area contributed by atoms with Crippen LogP contribution >= 0.6 is 0 Å². The molecule has 0 amide bonds. The SMILES string of the molecule is Oc1ccc([C@@H]2Oc3ccc(O)cc3[C@@H]3CCC[C@H]32)cc1. The lowest BCUT2D eigenvalue weighted by molar-refractivity contribution is 0.104. The maximum absolute atomic E-state index is 9.74. The number of hydrogen-bond donors (Lipinski definition) is 2. The standard InChI is InChI=1S/C18H18O3/c19-12-6-4-11(5-7-12)18-15-3-1-2-14(15)16-10-13(20)8-9-17(16)21-18/h4-10,14-15,18-20H,1-3H2/t14-,15-,18+/m1/s1. The van der Waals surface area contributed by atoms with Crippen molar-refractivity contribution in [3.63, 3.8) is 0 Å². The first-order valence-electron chi connectivity index (χ1n) is 7.51. The summed E-state index contributed by atoms with van der Waals surface area (Å²) in [5, 5.41) is 19.2. The summed E-state index contributed by atoms with van der Waals surface area (Å²) in [4.78, 5) is 0. The molecule has 3 heteroatoms. The zero-order valence-corrected chi connectivity index (χ0v) is 11.7. The Morgan fingerprint density at radius 3 is 2.48 bits per heavy atom. The zero-order valence-electron chi connectivity index (χ0n) is 11.7. The molecule has 0 radical (unpaired) electrons. The molecule has 1 saturated carbocycles. The minimum absolute atomic E-state index is 0.0372. The molecule has 2 aromatic rings. The van der Waals surface area contributed by atoms with Crippen LogP contribution in [-0.4, -0.2) is 10.2 Å². The first kappa shape index (κ1) is 12.6. The molecule has 0 bridgehead atoms. The lowest BCUT2D eigenvalue weighted by Crippen LogP contribution is -2.26. The summed E-state index contributed by atoms with van der Waals surface area (Å²) in [7, 11) is 0. The topological polar surface area (TPSA) is 49.7 Å². The highest BCUT2D eigenvalue weighted by Gasteiger charge is 2.41. The minimum Gasteiger partial charge on any atom is -0.508 e. The highest BCUT2D eigenvalue weighted by Crippen LogP contribution is 2.54. The average Bonchev–Trinajstić information content (AvgIpc) is 2.97. The van der Waals surface area contributed by atoms with Crippen molar-refractivity contribution in [3.05, 3.63) is 53.6 Å². The van der Waals surface area contributed by atoms with E-state index < -0.39 is 0 Å². The van der Waals surface area contributed by atoms with Gasteiger partial charge in [0.1, 0.15) is 23.4 Å². The van der Waals surface area contributed by atoms with E-state index in [0.717, 1.165) is 29.7 Å². The van der Waals surface area contributed by atoms with Crippen molar-refractivity contribution in [2.24, 2.45) is 5.92 Å². The second kappa shape index (κ2) is 4.69. The smallest absolute Gasteiger partial charge is 0.127 e. The van der Waals surface area contributed by atoms with E-state index >= 15 is 0 Å². The molecule has 1 aliphatic heterocycles. The van der Waals surface area contributed by atoms with Gasteiger partial charge in [-0.2, -0.15) is 0 Å². The maximum Gasteiger partial charge on any atom is 0.127 e. The van der Waals surface area contributed by atoms with Gasteiger partial charge in [-0.25, -0.2) is 0 Å². The Morgan fingerprint density at radius 2 is 1.67 bits per heavy atom. The average molecular weight is 282 g/mol. The first-order chi connectivity index (χ1) is 10.2. The molecule has 0 spiro atoms. The lowest BCUT2D eigenvalue weighted by atomic mass is 9.80. The third-order valence-electron chi connectivity index (χ3n) is 4.83. The summed E-state index contributed by atoms with van der Waals surface area (Å²) in [6.45, 7) is 0. The van der Waals surface area contributed by atoms with Crippen LogP contribution in [-0.2, 0) is 0 Å². The number of fused-ring (bicyclic) bond motifs is 3. The third kappa shape index (κ3) is 2.04. The fourth-order valence-electron chi connectivity index (χ4n) is 3.87. The summed E-state index contributed by atoms with van der Waals surface area (Å²) >= 11 is 0. The molecule has 2 aromatic carbocycles. The van der Waals surface area contributed by atoms with Crippen molar-refractivity contribution in [1.29, 1.82) is 0 Å². The number of hydrogen-bond acceptors (Lipinski definition) is 3. The van der Waals surface area contributed by atoms with Crippen LogP contribution in [0, 0.1) is 5.92 Å². The van der Waals surface area contributed by atoms with Crippen LogP contribution in [0.25, 0.3) is 0 Å². The van der Waals surface area contributed by atoms with Crippen LogP contribution in [0.1, 0.15) is 42.4 Å². The van der Waals surface area contributed by atoms with Gasteiger partial charge in [0.25, 0.3) is 0 Å². The summed E-state index contributed by atoms with van der Waals surface area (Å²) < 4.78 is 6.23. The van der Waals surface area contributed by atoms with Crippen LogP contribution < -0.4 is 4.74 Å². The number of rotatable bonds is 1. The van der Waals surface area contributed by atoms with Crippen molar-refractivity contribution >= 4 is 0 Å². The Balaban J connectivity index is 1.77. The summed E-state index contributed by atoms with van der Waals surface area (Å²) in [6.07, 6.45) is 3.53. The summed E-state index contributed by atoms with van der Waals surface area (Å²) in [5.41, 5.74) is 2.26. The first-order valence-corrected chi connectivity index (χ1v) is 7.51. The molecule has 108 valence electrons. The molecule has 2 N–H and O–H groups in total. The zero-order chi connectivity index (χ0) is 14.4. The van der Waals surface area contributed by atoms with Gasteiger partial charge >= 0.3 is 0 Å². The Bertz CT molecular complexity index is 663. The van der Waals surface area contributed by atoms with E-state index in [1.54, 1.807) is 18.2 Å². The van der Waals surface area contributed by atoms with Crippen molar-refractivity contribution < 1.29 is 14.9 Å². The summed E-state index contributed by atoms with van der Waals surface area (Å²) in [5.74, 6) is 2.38. The van der Waals surface area contributed by atoms with Crippen LogP contribution in [0.4, 0.5) is 0 Å². The van der Waals surface area contributed by atoms with Gasteiger partial charge in [0, 0.05) is 11.5 Å². The van der Waals surface area contributed by atoms with Gasteiger partial charge in [0.2, 0.25) is 0 Å². The van der Waals surface area contributed by atoms with Gasteiger partial charge in [0.05, 0.1) is 0 Å². The molecule has 0 saturated heterocycles. The van der Waals surface area contributed by atoms with E-state index in [9.17, 15) is 10.2 Å². The fraction of sp³-hybridized carbons (Fsp3) is 0.333. The van der Waals surface area contributed by atoms with E-state index in [4.69, 9.17) is 4.74 Å². The molecule has 1 fully saturated rings. The Hall–Kier alpha value is -2.16. The Morgan fingerprint density at radius 1 is 0.905 bits per heavy atom. The number of phenolic OH excluding ortho intramolecular Hbond substituents is 2. The van der Waals surface area contributed by atoms with Crippen LogP contribution in [0.5, 0.6) is 17.2 Å². The van der Waals surface area contributed by atoms with Gasteiger partial charge in [-0.3, -0.25) is 0 Å².